The fourth-order valence-electron chi connectivity index (χ4n) is 2.31. The molecule has 2 N–H and O–H groups in total. The number of amides is 1. The molecule has 1 aromatic rings. The van der Waals surface area contributed by atoms with E-state index in [1.165, 1.54) is 0 Å². The van der Waals surface area contributed by atoms with E-state index in [9.17, 15) is 14.7 Å². The Bertz CT molecular complexity index is 494. The number of carboxylic acids is 1. The monoisotopic (exact) mass is 277 g/mol. The van der Waals surface area contributed by atoms with Crippen LogP contribution in [-0.4, -0.2) is 36.2 Å². The largest absolute Gasteiger partial charge is 0.480 e. The van der Waals surface area contributed by atoms with Gasteiger partial charge in [-0.3, -0.25) is 4.79 Å². The zero-order valence-electron chi connectivity index (χ0n) is 11.5. The lowest BCUT2D eigenvalue weighted by atomic mass is 10.0. The standard InChI is InChI=1S/C15H19NO4/c1-10-3-2-4-11(7-10)8-13(15(18)19)16-14(17)12-5-6-20-9-12/h2-4,7,12-13H,5-6,8-9H2,1H3,(H,16,17)(H,18,19)/t12-,13-/m0/s1. The maximum Gasteiger partial charge on any atom is 0.326 e. The first-order valence-corrected chi connectivity index (χ1v) is 6.72. The Hall–Kier alpha value is -1.88. The van der Waals surface area contributed by atoms with E-state index in [-0.39, 0.29) is 18.2 Å². The first-order valence-electron chi connectivity index (χ1n) is 6.72. The normalized spacial score (nSPS) is 19.6. The number of hydrogen-bond acceptors (Lipinski definition) is 3. The summed E-state index contributed by atoms with van der Waals surface area (Å²) in [6.07, 6.45) is 0.943. The van der Waals surface area contributed by atoms with Gasteiger partial charge in [0.2, 0.25) is 5.91 Å². The molecule has 0 bridgehead atoms. The van der Waals surface area contributed by atoms with Crippen molar-refractivity contribution in [1.82, 2.24) is 5.32 Å². The molecule has 2 rings (SSSR count). The van der Waals surface area contributed by atoms with Crippen molar-refractivity contribution in [2.24, 2.45) is 5.92 Å². The second-order valence-corrected chi connectivity index (χ2v) is 5.15. The van der Waals surface area contributed by atoms with Crippen LogP contribution in [0.2, 0.25) is 0 Å². The molecule has 1 aliphatic rings. The quantitative estimate of drug-likeness (QED) is 0.846. The SMILES string of the molecule is Cc1cccc(C[C@H](NC(=O)[C@H]2CCOC2)C(=O)O)c1. The summed E-state index contributed by atoms with van der Waals surface area (Å²) < 4.78 is 5.15. The molecular formula is C15H19NO4. The Balaban J connectivity index is 2.00. The first kappa shape index (κ1) is 14.5. The van der Waals surface area contributed by atoms with Gasteiger partial charge in [-0.05, 0) is 18.9 Å². The molecule has 20 heavy (non-hydrogen) atoms. The molecule has 0 aromatic heterocycles. The first-order chi connectivity index (χ1) is 9.56. The van der Waals surface area contributed by atoms with Gasteiger partial charge in [-0.25, -0.2) is 4.79 Å². The van der Waals surface area contributed by atoms with Crippen LogP contribution in [0, 0.1) is 12.8 Å². The summed E-state index contributed by atoms with van der Waals surface area (Å²) >= 11 is 0. The van der Waals surface area contributed by atoms with Crippen molar-refractivity contribution in [3.05, 3.63) is 35.4 Å². The molecule has 5 heteroatoms. The molecule has 1 aliphatic heterocycles. The van der Waals surface area contributed by atoms with Crippen LogP contribution in [-0.2, 0) is 20.7 Å². The molecular weight excluding hydrogens is 258 g/mol. The van der Waals surface area contributed by atoms with Gasteiger partial charge in [0.25, 0.3) is 0 Å². The van der Waals surface area contributed by atoms with Crippen molar-refractivity contribution >= 4 is 11.9 Å². The van der Waals surface area contributed by atoms with Gasteiger partial charge in [0.15, 0.2) is 0 Å². The smallest absolute Gasteiger partial charge is 0.326 e. The second kappa shape index (κ2) is 6.52. The number of aryl methyl sites for hydroxylation is 1. The van der Waals surface area contributed by atoms with Gasteiger partial charge in [0.05, 0.1) is 12.5 Å². The van der Waals surface area contributed by atoms with Gasteiger partial charge >= 0.3 is 5.97 Å². The molecule has 0 saturated carbocycles. The minimum absolute atomic E-state index is 0.227. The van der Waals surface area contributed by atoms with Crippen molar-refractivity contribution in [2.75, 3.05) is 13.2 Å². The zero-order valence-corrected chi connectivity index (χ0v) is 11.5. The Morgan fingerprint density at radius 2 is 2.30 bits per heavy atom. The van der Waals surface area contributed by atoms with Gasteiger partial charge in [-0.2, -0.15) is 0 Å². The highest BCUT2D eigenvalue weighted by molar-refractivity contribution is 5.85. The van der Waals surface area contributed by atoms with Crippen LogP contribution in [0.5, 0.6) is 0 Å². The fourth-order valence-corrected chi connectivity index (χ4v) is 2.31. The summed E-state index contributed by atoms with van der Waals surface area (Å²) in [7, 11) is 0. The summed E-state index contributed by atoms with van der Waals surface area (Å²) in [6, 6.07) is 6.74. The topological polar surface area (TPSA) is 75.6 Å². The third-order valence-electron chi connectivity index (χ3n) is 3.44. The van der Waals surface area contributed by atoms with Crippen molar-refractivity contribution < 1.29 is 19.4 Å². The van der Waals surface area contributed by atoms with Crippen LogP contribution in [0.25, 0.3) is 0 Å². The molecule has 1 saturated heterocycles. The average Bonchev–Trinajstić information content (AvgIpc) is 2.91. The highest BCUT2D eigenvalue weighted by atomic mass is 16.5. The van der Waals surface area contributed by atoms with E-state index in [0.717, 1.165) is 11.1 Å². The molecule has 2 atom stereocenters. The van der Waals surface area contributed by atoms with Crippen molar-refractivity contribution in [3.63, 3.8) is 0 Å². The molecule has 0 radical (unpaired) electrons. The molecule has 1 aromatic carbocycles. The molecule has 1 amide bonds. The third kappa shape index (κ3) is 3.81. The van der Waals surface area contributed by atoms with Gasteiger partial charge in [-0.15, -0.1) is 0 Å². The number of nitrogens with one attached hydrogen (secondary N) is 1. The second-order valence-electron chi connectivity index (χ2n) is 5.15. The van der Waals surface area contributed by atoms with Gasteiger partial charge < -0.3 is 15.2 Å². The number of carbonyl (C=O) groups is 2. The average molecular weight is 277 g/mol. The Morgan fingerprint density at radius 1 is 1.50 bits per heavy atom. The minimum atomic E-state index is -1.02. The lowest BCUT2D eigenvalue weighted by molar-refractivity contribution is -0.142. The summed E-state index contributed by atoms with van der Waals surface area (Å²) in [5, 5.41) is 11.9. The Morgan fingerprint density at radius 3 is 2.90 bits per heavy atom. The lowest BCUT2D eigenvalue weighted by Crippen LogP contribution is -2.45. The predicted molar refractivity (Wildman–Crippen MR) is 73.4 cm³/mol. The number of benzene rings is 1. The van der Waals surface area contributed by atoms with E-state index in [4.69, 9.17) is 4.74 Å². The molecule has 0 unspecified atom stereocenters. The van der Waals surface area contributed by atoms with Crippen LogP contribution in [0.4, 0.5) is 0 Å². The fraction of sp³-hybridized carbons (Fsp3) is 0.467. The number of carbonyl (C=O) groups excluding carboxylic acids is 1. The van der Waals surface area contributed by atoms with E-state index in [1.807, 2.05) is 31.2 Å². The van der Waals surface area contributed by atoms with Crippen LogP contribution in [0.15, 0.2) is 24.3 Å². The molecule has 1 fully saturated rings. The summed E-state index contributed by atoms with van der Waals surface area (Å²) in [5.41, 5.74) is 1.97. The van der Waals surface area contributed by atoms with Gasteiger partial charge in [-0.1, -0.05) is 29.8 Å². The van der Waals surface area contributed by atoms with Crippen molar-refractivity contribution in [2.45, 2.75) is 25.8 Å². The van der Waals surface area contributed by atoms with E-state index in [1.54, 1.807) is 0 Å². The number of rotatable bonds is 5. The number of carboxylic acid groups (broad SMARTS) is 1. The van der Waals surface area contributed by atoms with E-state index >= 15 is 0 Å². The van der Waals surface area contributed by atoms with Crippen LogP contribution < -0.4 is 5.32 Å². The number of aliphatic carboxylic acids is 1. The van der Waals surface area contributed by atoms with Crippen LogP contribution in [0.1, 0.15) is 17.5 Å². The van der Waals surface area contributed by atoms with E-state index in [0.29, 0.717) is 19.6 Å². The molecule has 1 heterocycles. The maximum atomic E-state index is 12.0. The molecule has 0 spiro atoms. The Labute approximate surface area is 117 Å². The molecule has 108 valence electrons. The van der Waals surface area contributed by atoms with Crippen molar-refractivity contribution in [1.29, 1.82) is 0 Å². The predicted octanol–water partition coefficient (Wildman–Crippen LogP) is 1.14. The van der Waals surface area contributed by atoms with E-state index < -0.39 is 12.0 Å². The molecule has 0 aliphatic carbocycles. The minimum Gasteiger partial charge on any atom is -0.480 e. The Kier molecular flexibility index (Phi) is 4.74. The van der Waals surface area contributed by atoms with Crippen molar-refractivity contribution in [3.8, 4) is 0 Å². The highest BCUT2D eigenvalue weighted by Gasteiger charge is 2.28. The van der Waals surface area contributed by atoms with Gasteiger partial charge in [0, 0.05) is 13.0 Å². The highest BCUT2D eigenvalue weighted by Crippen LogP contribution is 2.13. The summed E-state index contributed by atoms with van der Waals surface area (Å²) in [4.78, 5) is 23.3. The molecule has 5 nitrogen and oxygen atoms in total. The zero-order chi connectivity index (χ0) is 14.5. The van der Waals surface area contributed by atoms with Crippen LogP contribution >= 0.6 is 0 Å². The summed E-state index contributed by atoms with van der Waals surface area (Å²) in [6.45, 7) is 2.89. The van der Waals surface area contributed by atoms with Gasteiger partial charge in [0.1, 0.15) is 6.04 Å². The number of hydrogen-bond donors (Lipinski definition) is 2. The van der Waals surface area contributed by atoms with Crippen LogP contribution in [0.3, 0.4) is 0 Å². The lowest BCUT2D eigenvalue weighted by Gasteiger charge is -2.17. The third-order valence-corrected chi connectivity index (χ3v) is 3.44. The number of ether oxygens (including phenoxy) is 1. The summed E-state index contributed by atoms with van der Waals surface area (Å²) in [5.74, 6) is -1.48. The maximum absolute atomic E-state index is 12.0. The van der Waals surface area contributed by atoms with E-state index in [2.05, 4.69) is 5.32 Å².